The summed E-state index contributed by atoms with van der Waals surface area (Å²) in [7, 11) is 0. The zero-order valence-corrected chi connectivity index (χ0v) is 17.1. The summed E-state index contributed by atoms with van der Waals surface area (Å²) >= 11 is 0. The Balaban J connectivity index is 1.67. The highest BCUT2D eigenvalue weighted by Crippen LogP contribution is 2.12. The summed E-state index contributed by atoms with van der Waals surface area (Å²) in [4.78, 5) is 23.8. The van der Waals surface area contributed by atoms with Crippen LogP contribution in [0.4, 0.5) is 0 Å². The van der Waals surface area contributed by atoms with Gasteiger partial charge in [0.1, 0.15) is 11.5 Å². The predicted molar refractivity (Wildman–Crippen MR) is 115 cm³/mol. The van der Waals surface area contributed by atoms with Gasteiger partial charge in [-0.1, -0.05) is 24.3 Å². The van der Waals surface area contributed by atoms with Gasteiger partial charge in [0.25, 0.3) is 0 Å². The summed E-state index contributed by atoms with van der Waals surface area (Å²) in [5.74, 6) is -0.221. The minimum absolute atomic E-state index is 0.132. The summed E-state index contributed by atoms with van der Waals surface area (Å²) < 4.78 is 0. The van der Waals surface area contributed by atoms with Gasteiger partial charge < -0.3 is 10.2 Å². The second-order valence-corrected chi connectivity index (χ2v) is 6.77. The van der Waals surface area contributed by atoms with Gasteiger partial charge in [-0.2, -0.15) is 10.2 Å². The van der Waals surface area contributed by atoms with Gasteiger partial charge in [-0.3, -0.25) is 9.59 Å². The Morgan fingerprint density at radius 1 is 0.767 bits per heavy atom. The third-order valence-corrected chi connectivity index (χ3v) is 4.28. The summed E-state index contributed by atoms with van der Waals surface area (Å²) in [6.07, 6.45) is 1.57. The van der Waals surface area contributed by atoms with Crippen molar-refractivity contribution in [2.75, 3.05) is 0 Å². The quantitative estimate of drug-likeness (QED) is 0.288. The number of carbonyl (C=O) groups excluding carboxylic acids is 2. The van der Waals surface area contributed by atoms with Crippen molar-refractivity contribution in [2.45, 2.75) is 39.5 Å². The fourth-order valence-corrected chi connectivity index (χ4v) is 2.57. The van der Waals surface area contributed by atoms with Gasteiger partial charge in [0, 0.05) is 24.0 Å². The van der Waals surface area contributed by atoms with Crippen molar-refractivity contribution in [1.82, 2.24) is 10.9 Å². The maximum Gasteiger partial charge on any atom is 0.240 e. The van der Waals surface area contributed by atoms with E-state index in [4.69, 9.17) is 0 Å². The number of benzene rings is 2. The van der Waals surface area contributed by atoms with Gasteiger partial charge in [0.15, 0.2) is 0 Å². The number of hydrogen-bond acceptors (Lipinski definition) is 6. The number of amides is 2. The third kappa shape index (κ3) is 7.75. The largest absolute Gasteiger partial charge is 0.508 e. The molecule has 0 unspecified atom stereocenters. The third-order valence-electron chi connectivity index (χ3n) is 4.28. The van der Waals surface area contributed by atoms with E-state index < -0.39 is 0 Å². The van der Waals surface area contributed by atoms with E-state index in [1.165, 1.54) is 0 Å². The van der Waals surface area contributed by atoms with E-state index in [-0.39, 0.29) is 36.2 Å². The van der Waals surface area contributed by atoms with Crippen LogP contribution in [-0.2, 0) is 9.59 Å². The number of hydrogen-bond donors (Lipinski definition) is 4. The minimum Gasteiger partial charge on any atom is -0.508 e. The first-order chi connectivity index (χ1) is 14.3. The molecule has 0 bridgehead atoms. The number of aromatic hydroxyl groups is 2. The second-order valence-electron chi connectivity index (χ2n) is 6.77. The first-order valence-electron chi connectivity index (χ1n) is 9.60. The molecule has 0 fully saturated rings. The van der Waals surface area contributed by atoms with Crippen molar-refractivity contribution < 1.29 is 19.8 Å². The molecule has 0 atom stereocenters. The topological polar surface area (TPSA) is 123 Å². The number of nitrogens with one attached hydrogen (secondary N) is 2. The highest BCUT2D eigenvalue weighted by Gasteiger charge is 2.05. The smallest absolute Gasteiger partial charge is 0.240 e. The number of hydrazone groups is 2. The first-order valence-corrected chi connectivity index (χ1v) is 9.60. The monoisotopic (exact) mass is 410 g/mol. The average Bonchev–Trinajstić information content (AvgIpc) is 2.73. The Morgan fingerprint density at radius 2 is 1.17 bits per heavy atom. The lowest BCUT2D eigenvalue weighted by molar-refractivity contribution is -0.123. The van der Waals surface area contributed by atoms with Crippen LogP contribution in [0.3, 0.4) is 0 Å². The molecule has 0 saturated carbocycles. The van der Waals surface area contributed by atoms with Crippen molar-refractivity contribution in [3.05, 3.63) is 59.7 Å². The van der Waals surface area contributed by atoms with Crippen molar-refractivity contribution >= 4 is 23.2 Å². The number of phenolic OH excluding ortho intramolecular Hbond substituents is 2. The van der Waals surface area contributed by atoms with Crippen LogP contribution < -0.4 is 10.9 Å². The highest BCUT2D eigenvalue weighted by atomic mass is 16.3. The van der Waals surface area contributed by atoms with Crippen LogP contribution in [0.2, 0.25) is 0 Å². The summed E-state index contributed by atoms with van der Waals surface area (Å²) in [5.41, 5.74) is 7.55. The molecule has 2 aromatic rings. The van der Waals surface area contributed by atoms with Crippen molar-refractivity contribution in [2.24, 2.45) is 10.2 Å². The van der Waals surface area contributed by atoms with Crippen LogP contribution >= 0.6 is 0 Å². The molecule has 0 heterocycles. The number of rotatable bonds is 9. The lowest BCUT2D eigenvalue weighted by Gasteiger charge is -2.05. The molecular formula is C22H26N4O4. The molecule has 30 heavy (non-hydrogen) atoms. The lowest BCUT2D eigenvalue weighted by Crippen LogP contribution is -2.20. The molecular weight excluding hydrogens is 384 g/mol. The molecule has 158 valence electrons. The number of phenols is 2. The second kappa shape index (κ2) is 11.4. The number of nitrogens with zero attached hydrogens (tertiary/aromatic N) is 2. The molecule has 0 saturated heterocycles. The summed E-state index contributed by atoms with van der Waals surface area (Å²) in [6.45, 7) is 3.47. The molecule has 0 aliphatic heterocycles. The van der Waals surface area contributed by atoms with Crippen LogP contribution in [0.5, 0.6) is 11.5 Å². The van der Waals surface area contributed by atoms with Gasteiger partial charge >= 0.3 is 0 Å². The molecule has 0 aromatic heterocycles. The Hall–Kier alpha value is -3.68. The van der Waals surface area contributed by atoms with Crippen LogP contribution in [0.25, 0.3) is 0 Å². The van der Waals surface area contributed by atoms with Gasteiger partial charge in [-0.15, -0.1) is 0 Å². The van der Waals surface area contributed by atoms with E-state index in [1.807, 2.05) is 0 Å². The Labute approximate surface area is 175 Å². The predicted octanol–water partition coefficient (Wildman–Crippen LogP) is 3.04. The SMILES string of the molecule is C/C(=N\NC(=O)CCCCC(=O)N/N=C(\C)c1cccc(O)c1)c1cccc(O)c1. The van der Waals surface area contributed by atoms with E-state index in [9.17, 15) is 19.8 Å². The summed E-state index contributed by atoms with van der Waals surface area (Å²) in [5, 5.41) is 27.0. The molecule has 0 aliphatic rings. The zero-order chi connectivity index (χ0) is 21.9. The Bertz CT molecular complexity index is 876. The molecule has 2 aromatic carbocycles. The maximum absolute atomic E-state index is 11.9. The fourth-order valence-electron chi connectivity index (χ4n) is 2.57. The molecule has 4 N–H and O–H groups in total. The zero-order valence-electron chi connectivity index (χ0n) is 17.1. The Morgan fingerprint density at radius 3 is 1.53 bits per heavy atom. The first kappa shape index (κ1) is 22.6. The average molecular weight is 410 g/mol. The summed E-state index contributed by atoms with van der Waals surface area (Å²) in [6, 6.07) is 13.2. The molecule has 2 amide bonds. The van der Waals surface area contributed by atoms with Crippen LogP contribution in [-0.4, -0.2) is 33.5 Å². The molecule has 2 rings (SSSR count). The molecule has 8 nitrogen and oxygen atoms in total. The van der Waals surface area contributed by atoms with E-state index in [0.29, 0.717) is 35.4 Å². The van der Waals surface area contributed by atoms with Crippen molar-refractivity contribution in [3.8, 4) is 11.5 Å². The van der Waals surface area contributed by atoms with Crippen molar-refractivity contribution in [1.29, 1.82) is 0 Å². The molecule has 0 spiro atoms. The molecule has 0 aliphatic carbocycles. The van der Waals surface area contributed by atoms with Gasteiger partial charge in [-0.25, -0.2) is 10.9 Å². The van der Waals surface area contributed by atoms with Crippen LogP contribution in [0.15, 0.2) is 58.7 Å². The normalized spacial score (nSPS) is 11.8. The molecule has 0 radical (unpaired) electrons. The van der Waals surface area contributed by atoms with E-state index in [0.717, 1.165) is 0 Å². The Kier molecular flexibility index (Phi) is 8.56. The van der Waals surface area contributed by atoms with Gasteiger partial charge in [0.2, 0.25) is 11.8 Å². The van der Waals surface area contributed by atoms with Gasteiger partial charge in [-0.05, 0) is 51.0 Å². The molecule has 8 heteroatoms. The maximum atomic E-state index is 11.9. The van der Waals surface area contributed by atoms with Crippen molar-refractivity contribution in [3.63, 3.8) is 0 Å². The van der Waals surface area contributed by atoms with Crippen LogP contribution in [0, 0.1) is 0 Å². The number of carbonyl (C=O) groups is 2. The fraction of sp³-hybridized carbons (Fsp3) is 0.273. The van der Waals surface area contributed by atoms with Crippen LogP contribution in [0.1, 0.15) is 50.7 Å². The minimum atomic E-state index is -0.243. The van der Waals surface area contributed by atoms with E-state index in [2.05, 4.69) is 21.1 Å². The lowest BCUT2D eigenvalue weighted by atomic mass is 10.1. The standard InChI is InChI=1S/C22H26N4O4/c1-15(17-7-5-9-19(27)13-17)23-25-21(29)11-3-4-12-22(30)26-24-16(2)18-8-6-10-20(28)14-18/h5-10,13-14,27-28H,3-4,11-12H2,1-2H3,(H,25,29)(H,26,30)/b23-15+,24-16+. The highest BCUT2D eigenvalue weighted by molar-refractivity contribution is 6.00. The van der Waals surface area contributed by atoms with E-state index >= 15 is 0 Å². The van der Waals surface area contributed by atoms with E-state index in [1.54, 1.807) is 62.4 Å². The van der Waals surface area contributed by atoms with Gasteiger partial charge in [0.05, 0.1) is 11.4 Å². The number of unbranched alkanes of at least 4 members (excludes halogenated alkanes) is 1.